The fourth-order valence-electron chi connectivity index (χ4n) is 12.5. The SMILES string of the molecule is CC(C)c1cccc(-c2ncccc2-c2ccc3nc[nH]c3c2)c1.CC(C)c1cccc(-c2ncccc2-c2ccc3ncn(C)c3c2)c1.Cc1cc(-c2ncccc2-c2ccc3ncccc3c2)ccc1F.c1cc(-c2ncccc2-c2ccc3nc[nH]c3c2)cc(C2CC2)c1. The molecule has 0 bridgehead atoms. The van der Waals surface area contributed by atoms with Crippen molar-refractivity contribution in [3.05, 3.63) is 302 Å². The van der Waals surface area contributed by atoms with E-state index in [-0.39, 0.29) is 5.82 Å². The quantitative estimate of drug-likeness (QED) is 0.130. The van der Waals surface area contributed by atoms with E-state index < -0.39 is 0 Å². The van der Waals surface area contributed by atoms with Crippen LogP contribution in [-0.4, -0.2) is 54.4 Å². The Morgan fingerprint density at radius 3 is 1.32 bits per heavy atom. The number of hydrogen-bond acceptors (Lipinski definition) is 8. The van der Waals surface area contributed by atoms with Crippen LogP contribution >= 0.6 is 0 Å². The van der Waals surface area contributed by atoms with Crippen LogP contribution in [0, 0.1) is 12.7 Å². The third-order valence-corrected chi connectivity index (χ3v) is 17.9. The van der Waals surface area contributed by atoms with E-state index in [0.717, 1.165) is 134 Å². The minimum absolute atomic E-state index is 0.201. The van der Waals surface area contributed by atoms with Gasteiger partial charge in [0.15, 0.2) is 0 Å². The molecule has 16 aromatic rings. The minimum atomic E-state index is -0.201. The molecule has 0 amide bonds. The molecule has 97 heavy (non-hydrogen) atoms. The number of halogens is 1. The van der Waals surface area contributed by atoms with Gasteiger partial charge in [0.05, 0.1) is 80.4 Å². The molecule has 474 valence electrons. The van der Waals surface area contributed by atoms with Crippen LogP contribution < -0.4 is 0 Å². The monoisotopic (exact) mass is 1270 g/mol. The Hall–Kier alpha value is -11.9. The van der Waals surface area contributed by atoms with E-state index in [4.69, 9.17) is 4.98 Å². The van der Waals surface area contributed by atoms with Crippen LogP contribution in [0.25, 0.3) is 134 Å². The summed E-state index contributed by atoms with van der Waals surface area (Å²) in [5.41, 5.74) is 29.2. The zero-order valence-electron chi connectivity index (χ0n) is 55.0. The third kappa shape index (κ3) is 13.9. The highest BCUT2D eigenvalue weighted by molar-refractivity contribution is 5.91. The molecule has 1 aliphatic carbocycles. The molecule has 2 N–H and O–H groups in total. The van der Waals surface area contributed by atoms with Crippen molar-refractivity contribution in [2.45, 2.75) is 65.2 Å². The summed E-state index contributed by atoms with van der Waals surface area (Å²) in [6.07, 6.45) is 17.1. The Morgan fingerprint density at radius 1 is 0.381 bits per heavy atom. The summed E-state index contributed by atoms with van der Waals surface area (Å²) in [5.74, 6) is 1.54. The van der Waals surface area contributed by atoms with Crippen LogP contribution in [-0.2, 0) is 7.05 Å². The lowest BCUT2D eigenvalue weighted by Gasteiger charge is -2.12. The topological polar surface area (TPSA) is 140 Å². The van der Waals surface area contributed by atoms with Crippen LogP contribution in [0.2, 0.25) is 0 Å². The van der Waals surface area contributed by atoms with Crippen LogP contribution in [0.15, 0.2) is 274 Å². The number of pyridine rings is 5. The molecule has 1 saturated carbocycles. The lowest BCUT2D eigenvalue weighted by Crippen LogP contribution is -1.92. The van der Waals surface area contributed by atoms with Crippen molar-refractivity contribution in [1.29, 1.82) is 0 Å². The van der Waals surface area contributed by atoms with E-state index in [9.17, 15) is 4.39 Å². The van der Waals surface area contributed by atoms with Gasteiger partial charge in [-0.05, 0) is 197 Å². The van der Waals surface area contributed by atoms with Gasteiger partial charge in [-0.3, -0.25) is 24.9 Å². The molecule has 8 heterocycles. The fourth-order valence-corrected chi connectivity index (χ4v) is 12.5. The first kappa shape index (κ1) is 62.6. The van der Waals surface area contributed by atoms with Crippen molar-refractivity contribution in [3.63, 3.8) is 0 Å². The Bertz CT molecular complexity index is 5300. The third-order valence-electron chi connectivity index (χ3n) is 17.9. The van der Waals surface area contributed by atoms with Crippen LogP contribution in [0.5, 0.6) is 0 Å². The molecule has 11 nitrogen and oxygen atoms in total. The van der Waals surface area contributed by atoms with Crippen molar-refractivity contribution in [2.24, 2.45) is 7.05 Å². The average molecular weight is 1270 g/mol. The molecule has 0 spiro atoms. The van der Waals surface area contributed by atoms with Gasteiger partial charge in [-0.15, -0.1) is 0 Å². The maximum Gasteiger partial charge on any atom is 0.126 e. The number of H-pyrrole nitrogens is 2. The summed E-state index contributed by atoms with van der Waals surface area (Å²) >= 11 is 0. The van der Waals surface area contributed by atoms with E-state index in [2.05, 4.69) is 218 Å². The molecule has 8 aromatic heterocycles. The maximum absolute atomic E-state index is 13.6. The molecule has 0 aliphatic heterocycles. The number of nitrogens with one attached hydrogen (secondary N) is 2. The highest BCUT2D eigenvalue weighted by Gasteiger charge is 2.24. The van der Waals surface area contributed by atoms with Gasteiger partial charge in [0, 0.05) is 87.9 Å². The van der Waals surface area contributed by atoms with E-state index in [1.54, 1.807) is 38.0 Å². The number of imidazole rings is 3. The average Bonchev–Trinajstić information content (AvgIpc) is 1.73. The smallest absolute Gasteiger partial charge is 0.126 e. The number of nitrogens with zero attached hydrogens (tertiary/aromatic N) is 9. The van der Waals surface area contributed by atoms with Gasteiger partial charge in [-0.25, -0.2) is 19.3 Å². The number of aryl methyl sites for hydroxylation is 2. The second kappa shape index (κ2) is 28.0. The lowest BCUT2D eigenvalue weighted by molar-refractivity contribution is 0.619. The molecule has 17 rings (SSSR count). The van der Waals surface area contributed by atoms with Crippen molar-refractivity contribution < 1.29 is 4.39 Å². The molecule has 0 saturated heterocycles. The summed E-state index contributed by atoms with van der Waals surface area (Å²) in [4.78, 5) is 42.3. The predicted octanol–water partition coefficient (Wildman–Crippen LogP) is 21.4. The number of fused-ring (bicyclic) bond motifs is 4. The van der Waals surface area contributed by atoms with Gasteiger partial charge in [0.2, 0.25) is 0 Å². The molecular formula is C85H72FN11. The molecule has 0 unspecified atom stereocenters. The second-order valence-corrected chi connectivity index (χ2v) is 25.3. The van der Waals surface area contributed by atoms with Crippen molar-refractivity contribution in [3.8, 4) is 89.5 Å². The number of rotatable bonds is 11. The number of aromatic nitrogens is 11. The van der Waals surface area contributed by atoms with Gasteiger partial charge in [0.1, 0.15) is 5.82 Å². The molecule has 8 aromatic carbocycles. The van der Waals surface area contributed by atoms with E-state index >= 15 is 0 Å². The molecule has 0 atom stereocenters. The number of benzene rings is 8. The lowest BCUT2D eigenvalue weighted by atomic mass is 9.95. The maximum atomic E-state index is 13.6. The normalized spacial score (nSPS) is 11.9. The highest BCUT2D eigenvalue weighted by atomic mass is 19.1. The Balaban J connectivity index is 0.000000111. The highest BCUT2D eigenvalue weighted by Crippen LogP contribution is 2.43. The van der Waals surface area contributed by atoms with Crippen molar-refractivity contribution >= 4 is 44.0 Å². The molecular weight excluding hydrogens is 1190 g/mol. The largest absolute Gasteiger partial charge is 0.345 e. The van der Waals surface area contributed by atoms with E-state index in [1.165, 1.54) is 41.2 Å². The van der Waals surface area contributed by atoms with E-state index in [0.29, 0.717) is 17.4 Å². The molecule has 0 radical (unpaired) electrons. The number of hydrogen-bond donors (Lipinski definition) is 2. The van der Waals surface area contributed by atoms with Crippen LogP contribution in [0.3, 0.4) is 0 Å². The first-order chi connectivity index (χ1) is 47.5. The Morgan fingerprint density at radius 2 is 0.814 bits per heavy atom. The molecule has 1 fully saturated rings. The van der Waals surface area contributed by atoms with Crippen LogP contribution in [0.4, 0.5) is 4.39 Å². The first-order valence-electron chi connectivity index (χ1n) is 33.0. The minimum Gasteiger partial charge on any atom is -0.345 e. The summed E-state index contributed by atoms with van der Waals surface area (Å²) in [6.45, 7) is 10.6. The first-order valence-corrected chi connectivity index (χ1v) is 33.0. The summed E-state index contributed by atoms with van der Waals surface area (Å²) in [5, 5.41) is 1.08. The van der Waals surface area contributed by atoms with Gasteiger partial charge < -0.3 is 14.5 Å². The Kier molecular flexibility index (Phi) is 18.0. The van der Waals surface area contributed by atoms with Gasteiger partial charge in [-0.2, -0.15) is 0 Å². The van der Waals surface area contributed by atoms with Crippen molar-refractivity contribution in [1.82, 2.24) is 54.4 Å². The Labute approximate surface area is 564 Å². The second-order valence-electron chi connectivity index (χ2n) is 25.3. The summed E-state index contributed by atoms with van der Waals surface area (Å²) < 4.78 is 15.6. The predicted molar refractivity (Wildman–Crippen MR) is 394 cm³/mol. The van der Waals surface area contributed by atoms with E-state index in [1.807, 2.05) is 103 Å². The fraction of sp³-hybridized carbons (Fsp3) is 0.129. The zero-order valence-corrected chi connectivity index (χ0v) is 55.0. The molecule has 1 aliphatic rings. The van der Waals surface area contributed by atoms with Gasteiger partial charge in [0.25, 0.3) is 0 Å². The molecule has 12 heteroatoms. The van der Waals surface area contributed by atoms with Gasteiger partial charge >= 0.3 is 0 Å². The standard InChI is InChI=1S/C22H21N3.C21H15FN2.C21H17N3.C21H19N3/c1-15(2)16-6-4-7-18(12-16)22-19(8-5-11-23-22)17-9-10-20-21(13-17)25(3)14-24-20;1-14-12-17(6-8-19(14)22)21-18(5-3-11-24-21)15-7-9-20-16(13-15)4-2-10-23-20;1-3-15(14-6-7-14)11-17(4-1)21-18(5-2-10-22-21)16-8-9-19-20(12-16)24-13-23-19;1-14(2)15-5-3-6-17(11-15)21-18(7-4-10-22-21)16-8-9-19-20(12-16)24-13-23-19/h4-15H,1-3H3;2-13H,1H3;1-5,8-14H,6-7H2,(H,23,24);3-14H,1-2H3,(H,23,24). The van der Waals surface area contributed by atoms with Crippen LogP contribution in [0.1, 0.15) is 80.5 Å². The van der Waals surface area contributed by atoms with Gasteiger partial charge in [-0.1, -0.05) is 137 Å². The summed E-state index contributed by atoms with van der Waals surface area (Å²) in [6, 6.07) is 76.8. The number of aromatic amines is 2. The summed E-state index contributed by atoms with van der Waals surface area (Å²) in [7, 11) is 2.02. The zero-order chi connectivity index (χ0) is 66.4. The van der Waals surface area contributed by atoms with Crippen molar-refractivity contribution in [2.75, 3.05) is 0 Å².